The monoisotopic (exact) mass is 315 g/mol. The minimum atomic E-state index is 0.154. The lowest BCUT2D eigenvalue weighted by Gasteiger charge is -2.21. The zero-order chi connectivity index (χ0) is 16.6. The molecule has 1 aliphatic heterocycles. The second-order valence-corrected chi connectivity index (χ2v) is 6.57. The standard InChI is InChI=1S/C17H25N5O/c1-10(2)22-7-13(14(8-22)23-5)21-17-15-11(3)6-12(4)20-16(15)18-9-19-17/h6,9-10,13-14H,7-8H2,1-5H3,(H,18,19,20,21)/t13-,14-/m1/s1. The maximum absolute atomic E-state index is 5.67. The van der Waals surface area contributed by atoms with Crippen molar-refractivity contribution >= 4 is 16.9 Å². The Bertz CT molecular complexity index is 703. The van der Waals surface area contributed by atoms with Crippen molar-refractivity contribution in [2.45, 2.75) is 45.9 Å². The second kappa shape index (κ2) is 6.37. The van der Waals surface area contributed by atoms with Crippen LogP contribution in [0.1, 0.15) is 25.1 Å². The smallest absolute Gasteiger partial charge is 0.165 e. The molecule has 0 bridgehead atoms. The normalized spacial score (nSPS) is 22.2. The molecule has 0 amide bonds. The number of fused-ring (bicyclic) bond motifs is 1. The first-order valence-electron chi connectivity index (χ1n) is 8.12. The largest absolute Gasteiger partial charge is 0.378 e. The van der Waals surface area contributed by atoms with Crippen molar-refractivity contribution < 1.29 is 4.74 Å². The van der Waals surface area contributed by atoms with E-state index in [1.165, 1.54) is 0 Å². The highest BCUT2D eigenvalue weighted by atomic mass is 16.5. The third kappa shape index (κ3) is 3.14. The van der Waals surface area contributed by atoms with Gasteiger partial charge in [-0.15, -0.1) is 0 Å². The van der Waals surface area contributed by atoms with Gasteiger partial charge < -0.3 is 10.1 Å². The van der Waals surface area contributed by atoms with Crippen LogP contribution in [0.5, 0.6) is 0 Å². The molecule has 0 saturated carbocycles. The van der Waals surface area contributed by atoms with E-state index in [1.807, 2.05) is 6.92 Å². The van der Waals surface area contributed by atoms with Crippen molar-refractivity contribution in [2.75, 3.05) is 25.5 Å². The number of likely N-dealkylation sites (tertiary alicyclic amines) is 1. The van der Waals surface area contributed by atoms with Crippen LogP contribution in [0.2, 0.25) is 0 Å². The molecule has 124 valence electrons. The molecule has 3 heterocycles. The van der Waals surface area contributed by atoms with Gasteiger partial charge in [0.15, 0.2) is 5.65 Å². The van der Waals surface area contributed by atoms with E-state index < -0.39 is 0 Å². The quantitative estimate of drug-likeness (QED) is 0.933. The highest BCUT2D eigenvalue weighted by molar-refractivity contribution is 5.89. The van der Waals surface area contributed by atoms with E-state index in [1.54, 1.807) is 13.4 Å². The van der Waals surface area contributed by atoms with Gasteiger partial charge in [-0.3, -0.25) is 4.90 Å². The number of hydrogen-bond acceptors (Lipinski definition) is 6. The highest BCUT2D eigenvalue weighted by Gasteiger charge is 2.34. The molecule has 23 heavy (non-hydrogen) atoms. The minimum Gasteiger partial charge on any atom is -0.378 e. The van der Waals surface area contributed by atoms with Gasteiger partial charge in [0.2, 0.25) is 0 Å². The van der Waals surface area contributed by atoms with Crippen molar-refractivity contribution in [1.29, 1.82) is 0 Å². The van der Waals surface area contributed by atoms with E-state index >= 15 is 0 Å². The van der Waals surface area contributed by atoms with E-state index in [4.69, 9.17) is 4.74 Å². The summed E-state index contributed by atoms with van der Waals surface area (Å²) in [5.41, 5.74) is 2.86. The topological polar surface area (TPSA) is 63.2 Å². The lowest BCUT2D eigenvalue weighted by Crippen LogP contribution is -2.34. The molecule has 1 fully saturated rings. The van der Waals surface area contributed by atoms with Crippen molar-refractivity contribution in [3.05, 3.63) is 23.7 Å². The number of rotatable bonds is 4. The Morgan fingerprint density at radius 3 is 2.74 bits per heavy atom. The van der Waals surface area contributed by atoms with Crippen LogP contribution in [0.25, 0.3) is 11.0 Å². The number of pyridine rings is 1. The van der Waals surface area contributed by atoms with Crippen LogP contribution in [-0.4, -0.2) is 58.2 Å². The maximum Gasteiger partial charge on any atom is 0.165 e. The summed E-state index contributed by atoms with van der Waals surface area (Å²) in [5, 5.41) is 4.57. The van der Waals surface area contributed by atoms with Crippen LogP contribution >= 0.6 is 0 Å². The third-order valence-electron chi connectivity index (χ3n) is 4.58. The molecule has 1 saturated heterocycles. The molecule has 1 N–H and O–H groups in total. The first-order valence-corrected chi connectivity index (χ1v) is 8.12. The molecule has 6 nitrogen and oxygen atoms in total. The molecule has 0 spiro atoms. The van der Waals surface area contributed by atoms with Crippen molar-refractivity contribution in [3.8, 4) is 0 Å². The molecule has 2 atom stereocenters. The Balaban J connectivity index is 1.92. The first-order chi connectivity index (χ1) is 11.0. The molecule has 0 aliphatic carbocycles. The second-order valence-electron chi connectivity index (χ2n) is 6.57. The van der Waals surface area contributed by atoms with Crippen LogP contribution in [-0.2, 0) is 4.74 Å². The van der Waals surface area contributed by atoms with Crippen LogP contribution in [0.15, 0.2) is 12.4 Å². The van der Waals surface area contributed by atoms with Gasteiger partial charge in [-0.05, 0) is 39.3 Å². The summed E-state index contributed by atoms with van der Waals surface area (Å²) in [7, 11) is 1.78. The summed E-state index contributed by atoms with van der Waals surface area (Å²) in [4.78, 5) is 15.7. The number of methoxy groups -OCH3 is 1. The zero-order valence-electron chi connectivity index (χ0n) is 14.5. The van der Waals surface area contributed by atoms with Crippen LogP contribution in [0, 0.1) is 13.8 Å². The van der Waals surface area contributed by atoms with Crippen LogP contribution in [0.3, 0.4) is 0 Å². The predicted octanol–water partition coefficient (Wildman–Crippen LogP) is 2.16. The van der Waals surface area contributed by atoms with Gasteiger partial charge in [0, 0.05) is 31.9 Å². The SMILES string of the molecule is CO[C@@H]1CN(C(C)C)C[C@H]1Nc1ncnc2nc(C)cc(C)c12. The average Bonchev–Trinajstić information content (AvgIpc) is 2.90. The zero-order valence-corrected chi connectivity index (χ0v) is 14.5. The van der Waals surface area contributed by atoms with E-state index in [-0.39, 0.29) is 12.1 Å². The number of nitrogens with zero attached hydrogens (tertiary/aromatic N) is 4. The summed E-state index contributed by atoms with van der Waals surface area (Å²) in [6.45, 7) is 10.4. The Labute approximate surface area is 137 Å². The Hall–Kier alpha value is -1.79. The molecule has 0 aromatic carbocycles. The van der Waals surface area contributed by atoms with Crippen molar-refractivity contribution in [3.63, 3.8) is 0 Å². The maximum atomic E-state index is 5.67. The number of anilines is 1. The Morgan fingerprint density at radius 1 is 1.26 bits per heavy atom. The lowest BCUT2D eigenvalue weighted by molar-refractivity contribution is 0.0983. The number of ether oxygens (including phenoxy) is 1. The molecular weight excluding hydrogens is 290 g/mol. The van der Waals surface area contributed by atoms with E-state index in [0.717, 1.165) is 41.2 Å². The van der Waals surface area contributed by atoms with Crippen molar-refractivity contribution in [1.82, 2.24) is 19.9 Å². The molecular formula is C17H25N5O. The fraction of sp³-hybridized carbons (Fsp3) is 0.588. The van der Waals surface area contributed by atoms with Gasteiger partial charge in [-0.2, -0.15) is 0 Å². The predicted molar refractivity (Wildman–Crippen MR) is 91.7 cm³/mol. The van der Waals surface area contributed by atoms with Gasteiger partial charge in [0.1, 0.15) is 12.1 Å². The van der Waals surface area contributed by atoms with E-state index in [0.29, 0.717) is 6.04 Å². The van der Waals surface area contributed by atoms with E-state index in [2.05, 4.69) is 52.0 Å². The Morgan fingerprint density at radius 2 is 2.04 bits per heavy atom. The summed E-state index contributed by atoms with van der Waals surface area (Å²) in [6, 6.07) is 2.79. The highest BCUT2D eigenvalue weighted by Crippen LogP contribution is 2.26. The molecule has 2 aromatic rings. The van der Waals surface area contributed by atoms with Gasteiger partial charge in [-0.25, -0.2) is 15.0 Å². The average molecular weight is 315 g/mol. The third-order valence-corrected chi connectivity index (χ3v) is 4.58. The molecule has 0 radical (unpaired) electrons. The van der Waals surface area contributed by atoms with Crippen LogP contribution in [0.4, 0.5) is 5.82 Å². The summed E-state index contributed by atoms with van der Waals surface area (Å²) in [5.74, 6) is 0.845. The number of aryl methyl sites for hydroxylation is 2. The van der Waals surface area contributed by atoms with Gasteiger partial charge in [0.05, 0.1) is 17.5 Å². The fourth-order valence-electron chi connectivity index (χ4n) is 3.30. The molecule has 3 rings (SSSR count). The molecule has 2 aromatic heterocycles. The summed E-state index contributed by atoms with van der Waals surface area (Å²) < 4.78 is 5.67. The minimum absolute atomic E-state index is 0.154. The van der Waals surface area contributed by atoms with E-state index in [9.17, 15) is 0 Å². The Kier molecular flexibility index (Phi) is 4.46. The number of hydrogen-bond donors (Lipinski definition) is 1. The van der Waals surface area contributed by atoms with Crippen molar-refractivity contribution in [2.24, 2.45) is 0 Å². The number of nitrogens with one attached hydrogen (secondary N) is 1. The van der Waals surface area contributed by atoms with Gasteiger partial charge in [-0.1, -0.05) is 0 Å². The summed E-state index contributed by atoms with van der Waals surface area (Å²) >= 11 is 0. The first kappa shape index (κ1) is 16.1. The molecule has 6 heteroatoms. The van der Waals surface area contributed by atoms with Gasteiger partial charge in [0.25, 0.3) is 0 Å². The van der Waals surface area contributed by atoms with Crippen LogP contribution < -0.4 is 5.32 Å². The lowest BCUT2D eigenvalue weighted by atomic mass is 10.1. The fourth-order valence-corrected chi connectivity index (χ4v) is 3.30. The number of aromatic nitrogens is 3. The summed E-state index contributed by atoms with van der Waals surface area (Å²) in [6.07, 6.45) is 1.73. The molecule has 1 aliphatic rings. The molecule has 0 unspecified atom stereocenters. The van der Waals surface area contributed by atoms with Gasteiger partial charge >= 0.3 is 0 Å².